The van der Waals surface area contributed by atoms with Gasteiger partial charge in [0.05, 0.1) is 18.6 Å². The van der Waals surface area contributed by atoms with Crippen LogP contribution in [0.4, 0.5) is 5.69 Å². The predicted octanol–water partition coefficient (Wildman–Crippen LogP) is 1.34. The number of carbonyl (C=O) groups excluding carboxylic acids is 1. The van der Waals surface area contributed by atoms with Crippen molar-refractivity contribution in [3.63, 3.8) is 0 Å². The number of rotatable bonds is 8. The Labute approximate surface area is 160 Å². The fourth-order valence-corrected chi connectivity index (χ4v) is 3.56. The Hall–Kier alpha value is -1.51. The van der Waals surface area contributed by atoms with Crippen LogP contribution in [0.1, 0.15) is 6.42 Å². The van der Waals surface area contributed by atoms with E-state index in [4.69, 9.17) is 16.3 Å². The molecule has 1 aromatic rings. The van der Waals surface area contributed by atoms with Crippen LogP contribution in [0.15, 0.2) is 18.2 Å². The van der Waals surface area contributed by atoms with Crippen LogP contribution in [0.25, 0.3) is 0 Å². The van der Waals surface area contributed by atoms with E-state index in [1.165, 1.54) is 6.26 Å². The number of amides is 1. The summed E-state index contributed by atoms with van der Waals surface area (Å²) in [7, 11) is -1.36. The molecule has 1 saturated heterocycles. The first-order valence-electron chi connectivity index (χ1n) is 8.54. The Bertz CT molecular complexity index is 719. The van der Waals surface area contributed by atoms with Gasteiger partial charge < -0.3 is 15.0 Å². The smallest absolute Gasteiger partial charge is 0.224 e. The maximum Gasteiger partial charge on any atom is 0.224 e. The average Bonchev–Trinajstić information content (AvgIpc) is 2.60. The third kappa shape index (κ3) is 6.66. The van der Waals surface area contributed by atoms with E-state index in [0.717, 1.165) is 5.69 Å². The molecule has 1 aromatic carbocycles. The summed E-state index contributed by atoms with van der Waals surface area (Å²) in [5.74, 6) is 0.925. The van der Waals surface area contributed by atoms with Gasteiger partial charge in [-0.25, -0.2) is 8.42 Å². The monoisotopic (exact) mass is 403 g/mol. The fraction of sp³-hybridized carbons (Fsp3) is 0.588. The van der Waals surface area contributed by atoms with Gasteiger partial charge in [0.2, 0.25) is 5.91 Å². The fourth-order valence-electron chi connectivity index (χ4n) is 2.80. The van der Waals surface area contributed by atoms with E-state index < -0.39 is 9.84 Å². The van der Waals surface area contributed by atoms with Crippen molar-refractivity contribution in [2.45, 2.75) is 6.42 Å². The third-order valence-electron chi connectivity index (χ3n) is 4.32. The van der Waals surface area contributed by atoms with Crippen molar-refractivity contribution in [2.24, 2.45) is 0 Å². The molecule has 26 heavy (non-hydrogen) atoms. The summed E-state index contributed by atoms with van der Waals surface area (Å²) in [6, 6.07) is 5.30. The lowest BCUT2D eigenvalue weighted by atomic mass is 10.2. The molecule has 1 amide bonds. The van der Waals surface area contributed by atoms with Crippen LogP contribution in [0.2, 0.25) is 5.02 Å². The molecule has 0 spiro atoms. The predicted molar refractivity (Wildman–Crippen MR) is 104 cm³/mol. The minimum absolute atomic E-state index is 0.0845. The van der Waals surface area contributed by atoms with Crippen molar-refractivity contribution in [3.8, 4) is 5.75 Å². The van der Waals surface area contributed by atoms with Crippen LogP contribution in [-0.4, -0.2) is 82.5 Å². The summed E-state index contributed by atoms with van der Waals surface area (Å²) < 4.78 is 27.7. The van der Waals surface area contributed by atoms with Crippen molar-refractivity contribution in [2.75, 3.05) is 63.7 Å². The van der Waals surface area contributed by atoms with E-state index in [2.05, 4.69) is 10.2 Å². The number of methoxy groups -OCH3 is 1. The summed E-state index contributed by atoms with van der Waals surface area (Å²) in [5.41, 5.74) is 0.762. The van der Waals surface area contributed by atoms with Crippen molar-refractivity contribution < 1.29 is 17.9 Å². The molecule has 1 aliphatic heterocycles. The molecule has 0 aromatic heterocycles. The van der Waals surface area contributed by atoms with E-state index in [1.807, 2.05) is 4.90 Å². The number of carbonyl (C=O) groups is 1. The summed E-state index contributed by atoms with van der Waals surface area (Å²) in [6.07, 6.45) is 1.62. The summed E-state index contributed by atoms with van der Waals surface area (Å²) in [5, 5.41) is 3.79. The van der Waals surface area contributed by atoms with Gasteiger partial charge in [-0.05, 0) is 18.2 Å². The van der Waals surface area contributed by atoms with Crippen LogP contribution in [0.3, 0.4) is 0 Å². The van der Waals surface area contributed by atoms with Crippen LogP contribution in [0, 0.1) is 0 Å². The van der Waals surface area contributed by atoms with Crippen molar-refractivity contribution in [3.05, 3.63) is 23.2 Å². The quantitative estimate of drug-likeness (QED) is 0.705. The number of piperazine rings is 1. The lowest BCUT2D eigenvalue weighted by Gasteiger charge is -2.34. The van der Waals surface area contributed by atoms with Gasteiger partial charge in [0, 0.05) is 57.0 Å². The number of hydrogen-bond donors (Lipinski definition) is 1. The van der Waals surface area contributed by atoms with E-state index in [1.54, 1.807) is 25.3 Å². The second-order valence-electron chi connectivity index (χ2n) is 6.37. The minimum atomic E-state index is -2.95. The SMILES string of the molecule is COc1ccc(Cl)cc1NCCC(=O)N1CCN(CCS(C)(=O)=O)CC1. The number of anilines is 1. The first-order chi connectivity index (χ1) is 12.3. The zero-order valence-corrected chi connectivity index (χ0v) is 16.8. The Kier molecular flexibility index (Phi) is 7.55. The first-order valence-corrected chi connectivity index (χ1v) is 11.0. The molecule has 1 heterocycles. The maximum absolute atomic E-state index is 12.3. The summed E-state index contributed by atoms with van der Waals surface area (Å²) in [4.78, 5) is 16.3. The number of nitrogens with zero attached hydrogens (tertiary/aromatic N) is 2. The second-order valence-corrected chi connectivity index (χ2v) is 9.07. The molecule has 0 bridgehead atoms. The standard InChI is InChI=1S/C17H26ClN3O4S/c1-25-16-4-3-14(18)13-15(16)19-6-5-17(22)21-9-7-20(8-10-21)11-12-26(2,23)24/h3-4,13,19H,5-12H2,1-2H3. The number of hydrogen-bond acceptors (Lipinski definition) is 6. The van der Waals surface area contributed by atoms with Crippen LogP contribution in [-0.2, 0) is 14.6 Å². The van der Waals surface area contributed by atoms with Gasteiger partial charge in [0.25, 0.3) is 0 Å². The highest BCUT2D eigenvalue weighted by atomic mass is 35.5. The Balaban J connectivity index is 1.73. The summed E-state index contributed by atoms with van der Waals surface area (Å²) >= 11 is 5.99. The van der Waals surface area contributed by atoms with Crippen molar-refractivity contribution in [1.29, 1.82) is 0 Å². The molecule has 7 nitrogen and oxygen atoms in total. The third-order valence-corrected chi connectivity index (χ3v) is 5.48. The van der Waals surface area contributed by atoms with Gasteiger partial charge in [-0.2, -0.15) is 0 Å². The Morgan fingerprint density at radius 3 is 2.58 bits per heavy atom. The molecule has 1 N–H and O–H groups in total. The van der Waals surface area contributed by atoms with E-state index in [0.29, 0.717) is 56.5 Å². The average molecular weight is 404 g/mol. The molecule has 9 heteroatoms. The van der Waals surface area contributed by atoms with E-state index >= 15 is 0 Å². The largest absolute Gasteiger partial charge is 0.495 e. The van der Waals surface area contributed by atoms with Crippen molar-refractivity contribution in [1.82, 2.24) is 9.80 Å². The lowest BCUT2D eigenvalue weighted by molar-refractivity contribution is -0.132. The van der Waals surface area contributed by atoms with Gasteiger partial charge in [-0.1, -0.05) is 11.6 Å². The number of nitrogens with one attached hydrogen (secondary N) is 1. The molecule has 0 radical (unpaired) electrons. The van der Waals surface area contributed by atoms with Crippen molar-refractivity contribution >= 4 is 33.0 Å². The highest BCUT2D eigenvalue weighted by Gasteiger charge is 2.21. The highest BCUT2D eigenvalue weighted by molar-refractivity contribution is 7.90. The maximum atomic E-state index is 12.3. The normalized spacial score (nSPS) is 15.7. The molecular formula is C17H26ClN3O4S. The molecule has 2 rings (SSSR count). The van der Waals surface area contributed by atoms with Gasteiger partial charge in [0.15, 0.2) is 0 Å². The zero-order chi connectivity index (χ0) is 19.2. The molecule has 0 aliphatic carbocycles. The number of halogens is 1. The zero-order valence-electron chi connectivity index (χ0n) is 15.2. The summed E-state index contributed by atoms with van der Waals surface area (Å²) in [6.45, 7) is 3.68. The first kappa shape index (κ1) is 20.8. The molecule has 1 aliphatic rings. The topological polar surface area (TPSA) is 79.0 Å². The number of benzene rings is 1. The molecule has 146 valence electrons. The molecule has 0 atom stereocenters. The molecule has 1 fully saturated rings. The Morgan fingerprint density at radius 1 is 1.27 bits per heavy atom. The second kappa shape index (κ2) is 9.43. The number of ether oxygens (including phenoxy) is 1. The van der Waals surface area contributed by atoms with Gasteiger partial charge in [-0.3, -0.25) is 9.69 Å². The van der Waals surface area contributed by atoms with Gasteiger partial charge in [0.1, 0.15) is 15.6 Å². The molecule has 0 unspecified atom stereocenters. The molecule has 0 saturated carbocycles. The number of sulfone groups is 1. The van der Waals surface area contributed by atoms with E-state index in [9.17, 15) is 13.2 Å². The lowest BCUT2D eigenvalue weighted by Crippen LogP contribution is -2.49. The van der Waals surface area contributed by atoms with E-state index in [-0.39, 0.29) is 11.7 Å². The van der Waals surface area contributed by atoms with Gasteiger partial charge in [-0.15, -0.1) is 0 Å². The van der Waals surface area contributed by atoms with Crippen LogP contribution in [0.5, 0.6) is 5.75 Å². The molecular weight excluding hydrogens is 378 g/mol. The van der Waals surface area contributed by atoms with Crippen LogP contribution >= 0.6 is 11.6 Å². The van der Waals surface area contributed by atoms with Crippen LogP contribution < -0.4 is 10.1 Å². The Morgan fingerprint density at radius 2 is 1.96 bits per heavy atom. The van der Waals surface area contributed by atoms with Gasteiger partial charge >= 0.3 is 0 Å². The minimum Gasteiger partial charge on any atom is -0.495 e. The highest BCUT2D eigenvalue weighted by Crippen LogP contribution is 2.27.